The van der Waals surface area contributed by atoms with Gasteiger partial charge in [0.15, 0.2) is 11.5 Å². The fourth-order valence-corrected chi connectivity index (χ4v) is 2.60. The zero-order chi connectivity index (χ0) is 17.2. The minimum atomic E-state index is -0.281. The molecule has 1 N–H and O–H groups in total. The maximum Gasteiger partial charge on any atom is 0.287 e. The third-order valence-electron chi connectivity index (χ3n) is 3.97. The third-order valence-corrected chi connectivity index (χ3v) is 3.97. The van der Waals surface area contributed by atoms with Gasteiger partial charge in [-0.2, -0.15) is 0 Å². The van der Waals surface area contributed by atoms with Crippen LogP contribution >= 0.6 is 0 Å². The molecule has 0 radical (unpaired) electrons. The quantitative estimate of drug-likeness (QED) is 0.604. The van der Waals surface area contributed by atoms with Crippen LogP contribution in [-0.4, -0.2) is 11.1 Å². The number of aromatic nitrogens is 1. The summed E-state index contributed by atoms with van der Waals surface area (Å²) in [5.41, 5.74) is 3.48. The molecule has 0 spiro atoms. The molecule has 5 nitrogen and oxygen atoms in total. The minimum absolute atomic E-state index is 0.269. The van der Waals surface area contributed by atoms with Gasteiger partial charge >= 0.3 is 0 Å². The average molecular weight is 332 g/mol. The highest BCUT2D eigenvalue weighted by Gasteiger charge is 2.13. The minimum Gasteiger partial charge on any atom is -0.451 e. The van der Waals surface area contributed by atoms with Gasteiger partial charge in [-0.1, -0.05) is 53.2 Å². The number of aryl methyl sites for hydroxylation is 1. The lowest BCUT2D eigenvalue weighted by Crippen LogP contribution is -2.22. The fraction of sp³-hybridized carbons (Fsp3) is 0.100. The normalized spacial score (nSPS) is 10.9. The van der Waals surface area contributed by atoms with E-state index in [-0.39, 0.29) is 18.2 Å². The molecule has 0 aliphatic carbocycles. The van der Waals surface area contributed by atoms with Crippen molar-refractivity contribution in [3.8, 4) is 11.3 Å². The smallest absolute Gasteiger partial charge is 0.287 e. The molecule has 4 aromatic rings. The largest absolute Gasteiger partial charge is 0.451 e. The van der Waals surface area contributed by atoms with E-state index in [0.717, 1.165) is 10.9 Å². The van der Waals surface area contributed by atoms with Gasteiger partial charge in [-0.15, -0.1) is 0 Å². The van der Waals surface area contributed by atoms with Crippen molar-refractivity contribution in [1.82, 2.24) is 10.5 Å². The summed E-state index contributed by atoms with van der Waals surface area (Å²) in [6.07, 6.45) is 0. The average Bonchev–Trinajstić information content (AvgIpc) is 3.27. The number of rotatable bonds is 4. The maximum atomic E-state index is 12.2. The topological polar surface area (TPSA) is 68.3 Å². The molecular weight excluding hydrogens is 316 g/mol. The van der Waals surface area contributed by atoms with Crippen LogP contribution in [-0.2, 0) is 6.54 Å². The van der Waals surface area contributed by atoms with Gasteiger partial charge in [0.1, 0.15) is 11.3 Å². The van der Waals surface area contributed by atoms with E-state index in [1.54, 1.807) is 6.07 Å². The Hall–Kier alpha value is -3.34. The molecule has 0 saturated heterocycles. The molecule has 0 fully saturated rings. The second kappa shape index (κ2) is 6.28. The van der Waals surface area contributed by atoms with E-state index in [2.05, 4.69) is 10.5 Å². The van der Waals surface area contributed by atoms with Crippen molar-refractivity contribution in [2.75, 3.05) is 0 Å². The van der Waals surface area contributed by atoms with Gasteiger partial charge in [0, 0.05) is 17.0 Å². The van der Waals surface area contributed by atoms with E-state index in [9.17, 15) is 4.79 Å². The predicted octanol–water partition coefficient (Wildman–Crippen LogP) is 4.33. The molecule has 124 valence electrons. The monoisotopic (exact) mass is 332 g/mol. The molecule has 4 rings (SSSR count). The number of hydrogen-bond donors (Lipinski definition) is 1. The molecule has 2 aromatic heterocycles. The summed E-state index contributed by atoms with van der Waals surface area (Å²) < 4.78 is 10.9. The first kappa shape index (κ1) is 15.2. The van der Waals surface area contributed by atoms with Crippen LogP contribution in [0.25, 0.3) is 22.3 Å². The first-order chi connectivity index (χ1) is 12.2. The summed E-state index contributed by atoms with van der Waals surface area (Å²) >= 11 is 0. The number of fused-ring (bicyclic) bond motifs is 1. The van der Waals surface area contributed by atoms with Crippen molar-refractivity contribution < 1.29 is 13.7 Å². The Morgan fingerprint density at radius 2 is 1.88 bits per heavy atom. The molecule has 5 heteroatoms. The fourth-order valence-electron chi connectivity index (χ4n) is 2.60. The van der Waals surface area contributed by atoms with E-state index in [1.807, 2.05) is 61.5 Å². The first-order valence-corrected chi connectivity index (χ1v) is 7.98. The Kier molecular flexibility index (Phi) is 3.82. The Morgan fingerprint density at radius 3 is 2.68 bits per heavy atom. The lowest BCUT2D eigenvalue weighted by Gasteiger charge is -1.98. The number of furan rings is 1. The second-order valence-corrected chi connectivity index (χ2v) is 5.88. The van der Waals surface area contributed by atoms with E-state index in [4.69, 9.17) is 8.94 Å². The van der Waals surface area contributed by atoms with Crippen LogP contribution in [0.3, 0.4) is 0 Å². The highest BCUT2D eigenvalue weighted by Crippen LogP contribution is 2.21. The molecule has 25 heavy (non-hydrogen) atoms. The van der Waals surface area contributed by atoms with Crippen LogP contribution in [0.2, 0.25) is 0 Å². The number of carbonyl (C=O) groups excluding carboxylic acids is 1. The Morgan fingerprint density at radius 1 is 1.08 bits per heavy atom. The van der Waals surface area contributed by atoms with Crippen LogP contribution in [0.1, 0.15) is 21.8 Å². The number of nitrogens with one attached hydrogen (secondary N) is 1. The summed E-state index contributed by atoms with van der Waals surface area (Å²) in [5.74, 6) is 0.674. The third kappa shape index (κ3) is 3.17. The van der Waals surface area contributed by atoms with Crippen LogP contribution < -0.4 is 5.32 Å². The van der Waals surface area contributed by atoms with Gasteiger partial charge in [-0.3, -0.25) is 4.79 Å². The van der Waals surface area contributed by atoms with E-state index in [0.29, 0.717) is 17.0 Å². The molecule has 0 atom stereocenters. The summed E-state index contributed by atoms with van der Waals surface area (Å²) in [5, 5.41) is 7.70. The zero-order valence-electron chi connectivity index (χ0n) is 13.7. The van der Waals surface area contributed by atoms with Gasteiger partial charge in [-0.05, 0) is 19.1 Å². The van der Waals surface area contributed by atoms with Crippen molar-refractivity contribution in [2.45, 2.75) is 13.5 Å². The number of carbonyl (C=O) groups is 1. The number of para-hydroxylation sites is 1. The molecule has 0 saturated carbocycles. The molecule has 0 bridgehead atoms. The maximum absolute atomic E-state index is 12.2. The van der Waals surface area contributed by atoms with Gasteiger partial charge in [0.2, 0.25) is 0 Å². The van der Waals surface area contributed by atoms with Crippen molar-refractivity contribution in [1.29, 1.82) is 0 Å². The summed E-state index contributed by atoms with van der Waals surface area (Å²) in [6, 6.07) is 19.0. The lowest BCUT2D eigenvalue weighted by atomic mass is 10.1. The van der Waals surface area contributed by atoms with Crippen molar-refractivity contribution in [2.24, 2.45) is 0 Å². The van der Waals surface area contributed by atoms with Crippen LogP contribution in [0.5, 0.6) is 0 Å². The Bertz CT molecular complexity index is 995. The molecule has 0 aliphatic heterocycles. The standard InChI is InChI=1S/C20H16N2O3/c1-13-6-8-14(9-7-13)18-11-16(22-25-18)12-21-20(23)19-10-15-4-2-3-5-17(15)24-19/h2-11H,12H2,1H3,(H,21,23). The zero-order valence-corrected chi connectivity index (χ0v) is 13.7. The molecule has 2 aromatic carbocycles. The van der Waals surface area contributed by atoms with E-state index < -0.39 is 0 Å². The lowest BCUT2D eigenvalue weighted by molar-refractivity contribution is 0.0924. The Balaban J connectivity index is 1.44. The van der Waals surface area contributed by atoms with Crippen molar-refractivity contribution in [3.05, 3.63) is 77.7 Å². The van der Waals surface area contributed by atoms with Gasteiger partial charge in [0.25, 0.3) is 5.91 Å². The molecule has 0 aliphatic rings. The highest BCUT2D eigenvalue weighted by molar-refractivity contribution is 5.96. The summed E-state index contributed by atoms with van der Waals surface area (Å²) in [7, 11) is 0. The van der Waals surface area contributed by atoms with Crippen LogP contribution in [0.4, 0.5) is 0 Å². The number of hydrogen-bond acceptors (Lipinski definition) is 4. The van der Waals surface area contributed by atoms with Crippen molar-refractivity contribution >= 4 is 16.9 Å². The molecular formula is C20H16N2O3. The number of amides is 1. The van der Waals surface area contributed by atoms with Gasteiger partial charge in [-0.25, -0.2) is 0 Å². The number of nitrogens with zero attached hydrogens (tertiary/aromatic N) is 1. The molecule has 2 heterocycles. The van der Waals surface area contributed by atoms with Gasteiger partial charge in [0.05, 0.1) is 6.54 Å². The highest BCUT2D eigenvalue weighted by atomic mass is 16.5. The number of benzene rings is 2. The van der Waals surface area contributed by atoms with E-state index in [1.165, 1.54) is 5.56 Å². The summed E-state index contributed by atoms with van der Waals surface area (Å²) in [4.78, 5) is 12.2. The summed E-state index contributed by atoms with van der Waals surface area (Å²) in [6.45, 7) is 2.30. The molecule has 1 amide bonds. The van der Waals surface area contributed by atoms with E-state index >= 15 is 0 Å². The van der Waals surface area contributed by atoms with Crippen LogP contribution in [0, 0.1) is 6.92 Å². The van der Waals surface area contributed by atoms with Gasteiger partial charge < -0.3 is 14.3 Å². The second-order valence-electron chi connectivity index (χ2n) is 5.88. The molecule has 0 unspecified atom stereocenters. The van der Waals surface area contributed by atoms with Crippen molar-refractivity contribution in [3.63, 3.8) is 0 Å². The SMILES string of the molecule is Cc1ccc(-c2cc(CNC(=O)c3cc4ccccc4o3)no2)cc1. The Labute approximate surface area is 144 Å². The first-order valence-electron chi connectivity index (χ1n) is 7.98. The predicted molar refractivity (Wildman–Crippen MR) is 94.1 cm³/mol. The van der Waals surface area contributed by atoms with Crippen LogP contribution in [0.15, 0.2) is 69.6 Å².